The highest BCUT2D eigenvalue weighted by Gasteiger charge is 2.23. The number of fused-ring (bicyclic) bond motifs is 1. The van der Waals surface area contributed by atoms with E-state index < -0.39 is 5.91 Å². The highest BCUT2D eigenvalue weighted by Crippen LogP contribution is 2.32. The van der Waals surface area contributed by atoms with Gasteiger partial charge in [-0.1, -0.05) is 0 Å². The Balaban J connectivity index is 2.14. The summed E-state index contributed by atoms with van der Waals surface area (Å²) >= 11 is 0. The molecule has 10 heteroatoms. The van der Waals surface area contributed by atoms with Crippen molar-refractivity contribution >= 4 is 23.1 Å². The Bertz CT molecular complexity index is 1270. The largest absolute Gasteiger partial charge is 0.482 e. The minimum absolute atomic E-state index is 0.0144. The van der Waals surface area contributed by atoms with E-state index in [1.807, 2.05) is 45.4 Å². The predicted octanol–water partition coefficient (Wildman–Crippen LogP) is 1.81. The molecule has 186 valence electrons. The van der Waals surface area contributed by atoms with Crippen LogP contribution in [0.4, 0.5) is 5.82 Å². The smallest absolute Gasteiger partial charge is 0.251 e. The quantitative estimate of drug-likeness (QED) is 0.271. The maximum atomic E-state index is 13.4. The molecule has 3 rings (SSSR count). The van der Waals surface area contributed by atoms with E-state index in [9.17, 15) is 9.59 Å². The van der Waals surface area contributed by atoms with Crippen LogP contribution in [0.1, 0.15) is 34.6 Å². The lowest BCUT2D eigenvalue weighted by atomic mass is 9.99. The van der Waals surface area contributed by atoms with E-state index in [4.69, 9.17) is 16.2 Å². The number of amides is 2. The maximum Gasteiger partial charge on any atom is 0.251 e. The summed E-state index contributed by atoms with van der Waals surface area (Å²) in [6.07, 6.45) is 3.71. The van der Waals surface area contributed by atoms with Crippen LogP contribution in [-0.4, -0.2) is 60.9 Å². The molecule has 0 spiro atoms. The number of nitrogen functional groups attached to an aromatic ring is 1. The molecule has 3 aromatic rings. The summed E-state index contributed by atoms with van der Waals surface area (Å²) in [6.45, 7) is 3.92. The molecule has 2 amide bonds. The SMILES string of the molecule is CN/C(OC)=C(/CNC(=O)c1cc2c(-c3ccc(N)nc3)ccn2c(C(C)N(C)C)c1C)C(N)=O. The Morgan fingerprint density at radius 2 is 1.97 bits per heavy atom. The van der Waals surface area contributed by atoms with Crippen molar-refractivity contribution in [3.05, 3.63) is 64.9 Å². The Hall–Kier alpha value is -4.05. The molecule has 6 N–H and O–H groups in total. The zero-order valence-electron chi connectivity index (χ0n) is 21.0. The van der Waals surface area contributed by atoms with Crippen molar-refractivity contribution in [3.63, 3.8) is 0 Å². The number of hydrogen-bond donors (Lipinski definition) is 4. The topological polar surface area (TPSA) is 140 Å². The number of nitrogens with zero attached hydrogens (tertiary/aromatic N) is 3. The van der Waals surface area contributed by atoms with Crippen LogP contribution < -0.4 is 22.1 Å². The standard InChI is InChI=1S/C25H33N7O3/c1-14-18(24(34)30-13-19(23(27)33)25(28-3)35-6)11-20-17(16-7-8-21(26)29-12-16)9-10-32(20)22(14)15(2)31(4)5/h7-12,15,28H,13H2,1-6H3,(H2,26,29)(H2,27,33)(H,30,34)/b25-19+. The van der Waals surface area contributed by atoms with Crippen LogP contribution in [0.5, 0.6) is 0 Å². The molecule has 0 radical (unpaired) electrons. The molecular weight excluding hydrogens is 446 g/mol. The molecule has 0 aromatic carbocycles. The third-order valence-corrected chi connectivity index (χ3v) is 6.20. The fraction of sp³-hybridized carbons (Fsp3) is 0.320. The molecule has 1 atom stereocenters. The van der Waals surface area contributed by atoms with Gasteiger partial charge in [-0.05, 0) is 57.8 Å². The first-order valence-corrected chi connectivity index (χ1v) is 11.2. The van der Waals surface area contributed by atoms with Gasteiger partial charge in [-0.2, -0.15) is 0 Å². The van der Waals surface area contributed by atoms with E-state index in [1.165, 1.54) is 7.11 Å². The summed E-state index contributed by atoms with van der Waals surface area (Å²) in [6, 6.07) is 7.52. The van der Waals surface area contributed by atoms with E-state index in [1.54, 1.807) is 19.3 Å². The molecule has 35 heavy (non-hydrogen) atoms. The summed E-state index contributed by atoms with van der Waals surface area (Å²) in [5.74, 6) is -0.373. The van der Waals surface area contributed by atoms with Crippen molar-refractivity contribution in [2.75, 3.05) is 40.5 Å². The van der Waals surface area contributed by atoms with Gasteiger partial charge in [-0.25, -0.2) is 4.98 Å². The van der Waals surface area contributed by atoms with Crippen LogP contribution in [0.25, 0.3) is 16.6 Å². The number of carbonyl (C=O) groups is 2. The van der Waals surface area contributed by atoms with E-state index in [2.05, 4.69) is 31.8 Å². The number of rotatable bonds is 9. The van der Waals surface area contributed by atoms with Crippen LogP contribution in [0.3, 0.4) is 0 Å². The molecule has 0 fully saturated rings. The van der Waals surface area contributed by atoms with Gasteiger partial charge in [0.1, 0.15) is 5.82 Å². The molecule has 0 aliphatic carbocycles. The van der Waals surface area contributed by atoms with Gasteiger partial charge in [0.25, 0.3) is 11.8 Å². The van der Waals surface area contributed by atoms with Gasteiger partial charge in [0.05, 0.1) is 24.7 Å². The zero-order valence-corrected chi connectivity index (χ0v) is 21.0. The Morgan fingerprint density at radius 1 is 1.26 bits per heavy atom. The predicted molar refractivity (Wildman–Crippen MR) is 137 cm³/mol. The van der Waals surface area contributed by atoms with E-state index in [0.29, 0.717) is 11.4 Å². The number of carbonyl (C=O) groups excluding carboxylic acids is 2. The lowest BCUT2D eigenvalue weighted by molar-refractivity contribution is -0.114. The molecule has 0 bridgehead atoms. The van der Waals surface area contributed by atoms with Crippen molar-refractivity contribution in [3.8, 4) is 11.1 Å². The average molecular weight is 480 g/mol. The number of hydrogen-bond acceptors (Lipinski definition) is 7. The summed E-state index contributed by atoms with van der Waals surface area (Å²) in [5.41, 5.74) is 16.4. The van der Waals surface area contributed by atoms with Crippen LogP contribution in [0.15, 0.2) is 48.1 Å². The van der Waals surface area contributed by atoms with Gasteiger partial charge >= 0.3 is 0 Å². The van der Waals surface area contributed by atoms with Gasteiger partial charge in [0.2, 0.25) is 0 Å². The first kappa shape index (κ1) is 25.6. The molecule has 0 saturated heterocycles. The highest BCUT2D eigenvalue weighted by molar-refractivity contribution is 6.00. The molecule has 1 unspecified atom stereocenters. The number of methoxy groups -OCH3 is 1. The van der Waals surface area contributed by atoms with Crippen LogP contribution in [-0.2, 0) is 9.53 Å². The van der Waals surface area contributed by atoms with Gasteiger partial charge in [-0.15, -0.1) is 0 Å². The second-order valence-corrected chi connectivity index (χ2v) is 8.47. The summed E-state index contributed by atoms with van der Waals surface area (Å²) < 4.78 is 7.27. The summed E-state index contributed by atoms with van der Waals surface area (Å²) in [4.78, 5) is 31.6. The Labute approximate surface area is 204 Å². The van der Waals surface area contributed by atoms with Crippen molar-refractivity contribution in [1.29, 1.82) is 0 Å². The number of anilines is 1. The van der Waals surface area contributed by atoms with Crippen molar-refractivity contribution < 1.29 is 14.3 Å². The lowest BCUT2D eigenvalue weighted by Crippen LogP contribution is -2.33. The van der Waals surface area contributed by atoms with Gasteiger partial charge in [-0.3, -0.25) is 9.59 Å². The molecular formula is C25H33N7O3. The van der Waals surface area contributed by atoms with Crippen molar-refractivity contribution in [1.82, 2.24) is 24.9 Å². The average Bonchev–Trinajstić information content (AvgIpc) is 3.24. The monoisotopic (exact) mass is 479 g/mol. The summed E-state index contributed by atoms with van der Waals surface area (Å²) in [7, 11) is 7.01. The second-order valence-electron chi connectivity index (χ2n) is 8.47. The number of nitrogens with two attached hydrogens (primary N) is 2. The Morgan fingerprint density at radius 3 is 2.51 bits per heavy atom. The molecule has 3 aromatic heterocycles. The van der Waals surface area contributed by atoms with Crippen molar-refractivity contribution in [2.45, 2.75) is 19.9 Å². The van der Waals surface area contributed by atoms with Gasteiger partial charge in [0.15, 0.2) is 5.88 Å². The summed E-state index contributed by atoms with van der Waals surface area (Å²) in [5, 5.41) is 5.60. The molecule has 0 aliphatic rings. The fourth-order valence-electron chi connectivity index (χ4n) is 4.09. The Kier molecular flexibility index (Phi) is 7.65. The van der Waals surface area contributed by atoms with E-state index in [0.717, 1.165) is 27.9 Å². The first-order valence-electron chi connectivity index (χ1n) is 11.2. The number of primary amides is 1. The normalized spacial score (nSPS) is 12.9. The molecule has 0 saturated carbocycles. The van der Waals surface area contributed by atoms with Crippen LogP contribution >= 0.6 is 0 Å². The molecule has 10 nitrogen and oxygen atoms in total. The third-order valence-electron chi connectivity index (χ3n) is 6.20. The van der Waals surface area contributed by atoms with E-state index in [-0.39, 0.29) is 29.9 Å². The lowest BCUT2D eigenvalue weighted by Gasteiger charge is -2.25. The second kappa shape index (κ2) is 10.5. The zero-order chi connectivity index (χ0) is 25.9. The molecule has 3 heterocycles. The third kappa shape index (κ3) is 5.07. The number of pyridine rings is 2. The van der Waals surface area contributed by atoms with Crippen LogP contribution in [0.2, 0.25) is 0 Å². The van der Waals surface area contributed by atoms with Crippen molar-refractivity contribution in [2.24, 2.45) is 5.73 Å². The highest BCUT2D eigenvalue weighted by atomic mass is 16.5. The fourth-order valence-corrected chi connectivity index (χ4v) is 4.09. The number of aromatic nitrogens is 2. The van der Waals surface area contributed by atoms with Gasteiger partial charge < -0.3 is 36.1 Å². The minimum atomic E-state index is -0.685. The van der Waals surface area contributed by atoms with Gasteiger partial charge in [0, 0.05) is 47.9 Å². The first-order chi connectivity index (χ1) is 16.6. The molecule has 0 aliphatic heterocycles. The van der Waals surface area contributed by atoms with Crippen LogP contribution in [0, 0.1) is 6.92 Å². The maximum absolute atomic E-state index is 13.4. The minimum Gasteiger partial charge on any atom is -0.482 e. The number of nitrogens with one attached hydrogen (secondary N) is 2. The van der Waals surface area contributed by atoms with E-state index >= 15 is 0 Å². The number of ether oxygens (including phenoxy) is 1.